The lowest BCUT2D eigenvalue weighted by atomic mass is 10.1. The van der Waals surface area contributed by atoms with Gasteiger partial charge in [0.2, 0.25) is 5.43 Å². The van der Waals surface area contributed by atoms with Crippen LogP contribution in [0.1, 0.15) is 38.1 Å². The Morgan fingerprint density at radius 3 is 2.52 bits per heavy atom. The van der Waals surface area contributed by atoms with Crippen LogP contribution in [0, 0.1) is 17.6 Å². The van der Waals surface area contributed by atoms with E-state index < -0.39 is 70.6 Å². The molecule has 1 saturated heterocycles. The SMILES string of the molecule is CC1CN(c2c(F)cc3c(=O)c(C(=O)O)cn(CCF)c3c2F)CC1NC(=O)OC(C)(C)C. The van der Waals surface area contributed by atoms with E-state index in [1.165, 1.54) is 4.90 Å². The molecule has 1 amide bonds. The molecule has 2 heterocycles. The van der Waals surface area contributed by atoms with Crippen LogP contribution in [0.25, 0.3) is 10.9 Å². The van der Waals surface area contributed by atoms with Crippen LogP contribution in [0.3, 0.4) is 0 Å². The quantitative estimate of drug-likeness (QED) is 0.697. The third-order valence-corrected chi connectivity index (χ3v) is 5.42. The Bertz CT molecular complexity index is 1160. The molecule has 2 atom stereocenters. The number of carbonyl (C=O) groups excluding carboxylic acids is 1. The Hall–Kier alpha value is -3.24. The van der Waals surface area contributed by atoms with Crippen molar-refractivity contribution in [3.8, 4) is 0 Å². The summed E-state index contributed by atoms with van der Waals surface area (Å²) in [5, 5.41) is 11.5. The average Bonchev–Trinajstić information content (AvgIpc) is 3.01. The minimum atomic E-state index is -1.58. The second-order valence-electron chi connectivity index (χ2n) is 9.11. The number of carbonyl (C=O) groups is 2. The maximum atomic E-state index is 15.6. The molecule has 2 N–H and O–H groups in total. The molecule has 1 aromatic heterocycles. The number of anilines is 1. The van der Waals surface area contributed by atoms with Gasteiger partial charge < -0.3 is 24.6 Å². The number of carboxylic acids is 1. The van der Waals surface area contributed by atoms with Crippen LogP contribution < -0.4 is 15.6 Å². The summed E-state index contributed by atoms with van der Waals surface area (Å²) in [5.74, 6) is -3.92. The monoisotopic (exact) mass is 469 g/mol. The molecule has 1 aliphatic rings. The second-order valence-corrected chi connectivity index (χ2v) is 9.11. The molecular formula is C22H26F3N3O5. The number of halogens is 3. The number of amides is 1. The highest BCUT2D eigenvalue weighted by atomic mass is 19.1. The summed E-state index contributed by atoms with van der Waals surface area (Å²) in [5.41, 5.74) is -3.29. The number of ether oxygens (including phenoxy) is 1. The fourth-order valence-corrected chi connectivity index (χ4v) is 3.98. The number of alkyl carbamates (subject to hydrolysis) is 1. The van der Waals surface area contributed by atoms with Crippen molar-refractivity contribution in [1.29, 1.82) is 0 Å². The molecule has 2 aromatic rings. The number of pyridine rings is 1. The van der Waals surface area contributed by atoms with Gasteiger partial charge in [0.15, 0.2) is 5.82 Å². The van der Waals surface area contributed by atoms with Gasteiger partial charge in [-0.3, -0.25) is 4.79 Å². The molecule has 11 heteroatoms. The van der Waals surface area contributed by atoms with Crippen molar-refractivity contribution >= 4 is 28.7 Å². The van der Waals surface area contributed by atoms with Gasteiger partial charge in [-0.05, 0) is 32.8 Å². The predicted octanol–water partition coefficient (Wildman–Crippen LogP) is 3.30. The number of hydrogen-bond acceptors (Lipinski definition) is 5. The van der Waals surface area contributed by atoms with Gasteiger partial charge in [-0.2, -0.15) is 0 Å². The lowest BCUT2D eigenvalue weighted by Gasteiger charge is -2.24. The van der Waals surface area contributed by atoms with Crippen LogP contribution in [-0.4, -0.2) is 53.1 Å². The highest BCUT2D eigenvalue weighted by Crippen LogP contribution is 2.33. The summed E-state index contributed by atoms with van der Waals surface area (Å²) < 4.78 is 49.9. The van der Waals surface area contributed by atoms with E-state index >= 15 is 8.78 Å². The highest BCUT2D eigenvalue weighted by molar-refractivity contribution is 5.94. The van der Waals surface area contributed by atoms with Crippen molar-refractivity contribution < 1.29 is 32.6 Å². The average molecular weight is 469 g/mol. The lowest BCUT2D eigenvalue weighted by molar-refractivity contribution is 0.0499. The van der Waals surface area contributed by atoms with Gasteiger partial charge in [0.25, 0.3) is 0 Å². The highest BCUT2D eigenvalue weighted by Gasteiger charge is 2.35. The maximum absolute atomic E-state index is 15.6. The van der Waals surface area contributed by atoms with Crippen LogP contribution >= 0.6 is 0 Å². The zero-order valence-electron chi connectivity index (χ0n) is 18.7. The van der Waals surface area contributed by atoms with Gasteiger partial charge in [0, 0.05) is 19.3 Å². The summed E-state index contributed by atoms with van der Waals surface area (Å²) in [6, 6.07) is 0.313. The number of carboxylic acid groups (broad SMARTS) is 1. The van der Waals surface area contributed by atoms with Crippen LogP contribution in [0.2, 0.25) is 0 Å². The van der Waals surface area contributed by atoms with Crippen LogP contribution in [-0.2, 0) is 11.3 Å². The largest absolute Gasteiger partial charge is 0.477 e. The number of alkyl halides is 1. The summed E-state index contributed by atoms with van der Waals surface area (Å²) in [4.78, 5) is 37.4. The van der Waals surface area contributed by atoms with Crippen LogP contribution in [0.4, 0.5) is 23.7 Å². The molecule has 0 saturated carbocycles. The maximum Gasteiger partial charge on any atom is 0.407 e. The summed E-state index contributed by atoms with van der Waals surface area (Å²) >= 11 is 0. The molecule has 1 fully saturated rings. The number of aromatic nitrogens is 1. The van der Waals surface area contributed by atoms with Crippen molar-refractivity contribution in [2.45, 2.75) is 45.9 Å². The molecule has 3 rings (SSSR count). The number of benzene rings is 1. The van der Waals surface area contributed by atoms with Gasteiger partial charge >= 0.3 is 12.1 Å². The van der Waals surface area contributed by atoms with Gasteiger partial charge in [-0.1, -0.05) is 6.92 Å². The Labute approximate surface area is 187 Å². The second kappa shape index (κ2) is 8.95. The Morgan fingerprint density at radius 2 is 1.94 bits per heavy atom. The molecule has 0 aliphatic carbocycles. The number of nitrogens with zero attached hydrogens (tertiary/aromatic N) is 2. The fraction of sp³-hybridized carbons (Fsp3) is 0.500. The van der Waals surface area contributed by atoms with Crippen molar-refractivity contribution in [2.75, 3.05) is 24.7 Å². The molecule has 8 nitrogen and oxygen atoms in total. The van der Waals surface area contributed by atoms with Crippen molar-refractivity contribution in [3.63, 3.8) is 0 Å². The van der Waals surface area contributed by atoms with Gasteiger partial charge in [-0.15, -0.1) is 0 Å². The van der Waals surface area contributed by atoms with E-state index in [2.05, 4.69) is 5.32 Å². The molecule has 0 spiro atoms. The first-order valence-corrected chi connectivity index (χ1v) is 10.4. The van der Waals surface area contributed by atoms with Gasteiger partial charge in [0.1, 0.15) is 29.3 Å². The van der Waals surface area contributed by atoms with E-state index in [9.17, 15) is 23.9 Å². The first-order valence-electron chi connectivity index (χ1n) is 10.4. The minimum Gasteiger partial charge on any atom is -0.477 e. The van der Waals surface area contributed by atoms with Gasteiger partial charge in [-0.25, -0.2) is 22.8 Å². The van der Waals surface area contributed by atoms with E-state index in [4.69, 9.17) is 4.74 Å². The number of fused-ring (bicyclic) bond motifs is 1. The Kier molecular flexibility index (Phi) is 6.62. The Morgan fingerprint density at radius 1 is 1.27 bits per heavy atom. The first-order chi connectivity index (χ1) is 15.3. The van der Waals surface area contributed by atoms with Crippen LogP contribution in [0.15, 0.2) is 17.1 Å². The number of aromatic carboxylic acids is 1. The third-order valence-electron chi connectivity index (χ3n) is 5.42. The zero-order chi connectivity index (χ0) is 24.7. The van der Waals surface area contributed by atoms with E-state index in [-0.39, 0.29) is 24.5 Å². The fourth-order valence-electron chi connectivity index (χ4n) is 3.98. The van der Waals surface area contributed by atoms with E-state index in [0.29, 0.717) is 0 Å². The normalized spacial score (nSPS) is 18.6. The predicted molar refractivity (Wildman–Crippen MR) is 116 cm³/mol. The van der Waals surface area contributed by atoms with Crippen LogP contribution in [0.5, 0.6) is 0 Å². The molecule has 2 unspecified atom stereocenters. The number of nitrogens with one attached hydrogen (secondary N) is 1. The third kappa shape index (κ3) is 4.91. The number of hydrogen-bond donors (Lipinski definition) is 2. The standard InChI is InChI=1S/C22H26F3N3O5/c1-11-8-28(10-15(11)26-21(32)33-22(2,3)4)18-14(24)7-12-17(16(18)25)27(6-5-23)9-13(19(12)29)20(30)31/h7,9,11,15H,5-6,8,10H2,1-4H3,(H,26,32)(H,30,31). The molecule has 1 aliphatic heterocycles. The summed E-state index contributed by atoms with van der Waals surface area (Å²) in [7, 11) is 0. The van der Waals surface area contributed by atoms with E-state index in [1.54, 1.807) is 27.7 Å². The first kappa shape index (κ1) is 24.4. The van der Waals surface area contributed by atoms with Crippen molar-refractivity contribution in [2.24, 2.45) is 5.92 Å². The Balaban J connectivity index is 2.03. The summed E-state index contributed by atoms with van der Waals surface area (Å²) in [6.45, 7) is 5.83. The topological polar surface area (TPSA) is 101 Å². The molecular weight excluding hydrogens is 443 g/mol. The molecule has 0 bridgehead atoms. The smallest absolute Gasteiger partial charge is 0.407 e. The summed E-state index contributed by atoms with van der Waals surface area (Å²) in [6.07, 6.45) is 0.204. The zero-order valence-corrected chi connectivity index (χ0v) is 18.7. The van der Waals surface area contributed by atoms with Gasteiger partial charge in [0.05, 0.1) is 23.5 Å². The number of rotatable bonds is 5. The van der Waals surface area contributed by atoms with E-state index in [1.807, 2.05) is 0 Å². The molecule has 1 aromatic carbocycles. The lowest BCUT2D eigenvalue weighted by Crippen LogP contribution is -2.42. The van der Waals surface area contributed by atoms with Crippen molar-refractivity contribution in [3.05, 3.63) is 39.7 Å². The minimum absolute atomic E-state index is 0.0698. The van der Waals surface area contributed by atoms with E-state index in [0.717, 1.165) is 16.8 Å². The molecule has 180 valence electrons. The van der Waals surface area contributed by atoms with Crippen molar-refractivity contribution in [1.82, 2.24) is 9.88 Å². The molecule has 33 heavy (non-hydrogen) atoms. The number of aryl methyl sites for hydroxylation is 1. The molecule has 0 radical (unpaired) electrons.